The molecule has 2 unspecified atom stereocenters. The highest BCUT2D eigenvalue weighted by Gasteiger charge is 2.27. The summed E-state index contributed by atoms with van der Waals surface area (Å²) in [6, 6.07) is 12.1. The Hall–Kier alpha value is -2.83. The summed E-state index contributed by atoms with van der Waals surface area (Å²) < 4.78 is 9.82. The van der Waals surface area contributed by atoms with E-state index in [2.05, 4.69) is 19.6 Å². The zero-order valence-corrected chi connectivity index (χ0v) is 17.6. The standard InChI is InChI=1S/C23H25ClN2O4/c1-3-10-29-23(28)30-17-8-9-18(19(24)12-17)20(25)13-22(27)26-14-15(2)11-16-6-4-5-7-21(16)26/h3-9,12,15,20H,1,10-11,13-14,25H2,2H3. The number of para-hydroxylation sites is 1. The summed E-state index contributed by atoms with van der Waals surface area (Å²) in [5, 5.41) is 0.316. The van der Waals surface area contributed by atoms with Crippen molar-refractivity contribution in [2.24, 2.45) is 11.7 Å². The summed E-state index contributed by atoms with van der Waals surface area (Å²) in [5.41, 5.74) is 9.02. The van der Waals surface area contributed by atoms with Gasteiger partial charge in [-0.05, 0) is 41.7 Å². The highest BCUT2D eigenvalue weighted by molar-refractivity contribution is 6.31. The third kappa shape index (κ3) is 5.20. The maximum Gasteiger partial charge on any atom is 0.514 e. The molecule has 0 bridgehead atoms. The molecule has 0 fully saturated rings. The Balaban J connectivity index is 1.68. The number of fused-ring (bicyclic) bond motifs is 1. The van der Waals surface area contributed by atoms with Crippen LogP contribution in [0.2, 0.25) is 5.02 Å². The topological polar surface area (TPSA) is 81.9 Å². The van der Waals surface area contributed by atoms with E-state index in [0.29, 0.717) is 23.0 Å². The fourth-order valence-electron chi connectivity index (χ4n) is 3.57. The molecule has 0 aliphatic carbocycles. The van der Waals surface area contributed by atoms with Crippen molar-refractivity contribution in [3.8, 4) is 5.75 Å². The lowest BCUT2D eigenvalue weighted by Crippen LogP contribution is -2.40. The van der Waals surface area contributed by atoms with Crippen LogP contribution in [0.15, 0.2) is 55.1 Å². The summed E-state index contributed by atoms with van der Waals surface area (Å²) in [4.78, 5) is 26.4. The summed E-state index contributed by atoms with van der Waals surface area (Å²) in [6.07, 6.45) is 1.65. The van der Waals surface area contributed by atoms with E-state index in [0.717, 1.165) is 12.1 Å². The summed E-state index contributed by atoms with van der Waals surface area (Å²) in [5.74, 6) is 0.557. The van der Waals surface area contributed by atoms with Crippen LogP contribution in [0.4, 0.5) is 10.5 Å². The molecule has 1 amide bonds. The molecule has 2 aromatic carbocycles. The zero-order chi connectivity index (χ0) is 21.7. The monoisotopic (exact) mass is 428 g/mol. The van der Waals surface area contributed by atoms with E-state index in [4.69, 9.17) is 26.8 Å². The quantitative estimate of drug-likeness (QED) is 0.411. The van der Waals surface area contributed by atoms with Crippen molar-refractivity contribution in [3.63, 3.8) is 0 Å². The molecule has 1 aliphatic heterocycles. The van der Waals surface area contributed by atoms with Crippen molar-refractivity contribution in [1.82, 2.24) is 0 Å². The second-order valence-electron chi connectivity index (χ2n) is 7.39. The van der Waals surface area contributed by atoms with Crippen molar-refractivity contribution < 1.29 is 19.1 Å². The van der Waals surface area contributed by atoms with E-state index in [1.807, 2.05) is 23.1 Å². The fraction of sp³-hybridized carbons (Fsp3) is 0.304. The molecule has 1 aliphatic rings. The predicted molar refractivity (Wildman–Crippen MR) is 117 cm³/mol. The van der Waals surface area contributed by atoms with Gasteiger partial charge < -0.3 is 20.1 Å². The SMILES string of the molecule is C=CCOC(=O)Oc1ccc(C(N)CC(=O)N2CC(C)Cc3ccccc32)c(Cl)c1. The first-order chi connectivity index (χ1) is 14.4. The van der Waals surface area contributed by atoms with Crippen molar-refractivity contribution in [2.45, 2.75) is 25.8 Å². The van der Waals surface area contributed by atoms with E-state index in [1.54, 1.807) is 12.1 Å². The summed E-state index contributed by atoms with van der Waals surface area (Å²) >= 11 is 6.33. The van der Waals surface area contributed by atoms with E-state index < -0.39 is 12.2 Å². The molecule has 6 nitrogen and oxygen atoms in total. The van der Waals surface area contributed by atoms with Crippen molar-refractivity contribution in [1.29, 1.82) is 0 Å². The third-order valence-electron chi connectivity index (χ3n) is 4.93. The van der Waals surface area contributed by atoms with Gasteiger partial charge in [0.1, 0.15) is 12.4 Å². The van der Waals surface area contributed by atoms with Gasteiger partial charge in [-0.3, -0.25) is 4.79 Å². The average Bonchev–Trinajstić information content (AvgIpc) is 2.71. The number of amides is 1. The highest BCUT2D eigenvalue weighted by atomic mass is 35.5. The zero-order valence-electron chi connectivity index (χ0n) is 16.8. The average molecular weight is 429 g/mol. The molecule has 0 saturated carbocycles. The first-order valence-corrected chi connectivity index (χ1v) is 10.2. The van der Waals surface area contributed by atoms with E-state index in [9.17, 15) is 9.59 Å². The Labute approximate surface area is 181 Å². The normalized spacial score (nSPS) is 16.4. The van der Waals surface area contributed by atoms with Crippen LogP contribution in [-0.4, -0.2) is 25.2 Å². The van der Waals surface area contributed by atoms with E-state index in [-0.39, 0.29) is 24.7 Å². The Morgan fingerprint density at radius 1 is 1.33 bits per heavy atom. The van der Waals surface area contributed by atoms with Crippen LogP contribution in [0.25, 0.3) is 0 Å². The van der Waals surface area contributed by atoms with Gasteiger partial charge in [0.2, 0.25) is 5.91 Å². The molecule has 2 atom stereocenters. The van der Waals surface area contributed by atoms with Crippen LogP contribution in [0, 0.1) is 5.92 Å². The van der Waals surface area contributed by atoms with Crippen LogP contribution < -0.4 is 15.4 Å². The molecule has 0 radical (unpaired) electrons. The number of halogens is 1. The lowest BCUT2D eigenvalue weighted by atomic mass is 9.93. The first-order valence-electron chi connectivity index (χ1n) is 9.77. The molecule has 7 heteroatoms. The van der Waals surface area contributed by atoms with E-state index >= 15 is 0 Å². The molecule has 0 spiro atoms. The largest absolute Gasteiger partial charge is 0.514 e. The fourth-order valence-corrected chi connectivity index (χ4v) is 3.88. The first kappa shape index (κ1) is 21.9. The lowest BCUT2D eigenvalue weighted by Gasteiger charge is -2.34. The molecule has 0 aromatic heterocycles. The smallest absolute Gasteiger partial charge is 0.430 e. The van der Waals surface area contributed by atoms with Gasteiger partial charge in [-0.1, -0.05) is 55.4 Å². The molecule has 158 valence electrons. The maximum atomic E-state index is 13.0. The number of carbonyl (C=O) groups excluding carboxylic acids is 2. The number of rotatable bonds is 6. The van der Waals surface area contributed by atoms with Crippen molar-refractivity contribution >= 4 is 29.4 Å². The lowest BCUT2D eigenvalue weighted by molar-refractivity contribution is -0.119. The summed E-state index contributed by atoms with van der Waals surface area (Å²) in [6.45, 7) is 6.30. The van der Waals surface area contributed by atoms with Crippen molar-refractivity contribution in [2.75, 3.05) is 18.1 Å². The number of carbonyl (C=O) groups is 2. The number of hydrogen-bond acceptors (Lipinski definition) is 5. The highest BCUT2D eigenvalue weighted by Crippen LogP contribution is 2.32. The summed E-state index contributed by atoms with van der Waals surface area (Å²) in [7, 11) is 0. The minimum Gasteiger partial charge on any atom is -0.430 e. The Morgan fingerprint density at radius 2 is 2.10 bits per heavy atom. The number of hydrogen-bond donors (Lipinski definition) is 1. The molecule has 3 rings (SSSR count). The molecule has 30 heavy (non-hydrogen) atoms. The van der Waals surface area contributed by atoms with Crippen LogP contribution in [-0.2, 0) is 16.0 Å². The van der Waals surface area contributed by atoms with Crippen LogP contribution >= 0.6 is 11.6 Å². The second-order valence-corrected chi connectivity index (χ2v) is 7.80. The van der Waals surface area contributed by atoms with Gasteiger partial charge in [-0.2, -0.15) is 0 Å². The Kier molecular flexibility index (Phi) is 7.13. The third-order valence-corrected chi connectivity index (χ3v) is 5.26. The Bertz CT molecular complexity index is 947. The van der Waals surface area contributed by atoms with Crippen LogP contribution in [0.5, 0.6) is 5.75 Å². The second kappa shape index (κ2) is 9.78. The molecular formula is C23H25ClN2O4. The molecule has 2 N–H and O–H groups in total. The number of nitrogens with two attached hydrogens (primary N) is 1. The van der Waals surface area contributed by atoms with Crippen LogP contribution in [0.3, 0.4) is 0 Å². The molecular weight excluding hydrogens is 404 g/mol. The maximum absolute atomic E-state index is 13.0. The number of benzene rings is 2. The van der Waals surface area contributed by atoms with Gasteiger partial charge in [-0.15, -0.1) is 0 Å². The minimum absolute atomic E-state index is 0.0501. The van der Waals surface area contributed by atoms with Gasteiger partial charge in [0.25, 0.3) is 0 Å². The molecule has 0 saturated heterocycles. The molecule has 2 aromatic rings. The Morgan fingerprint density at radius 3 is 2.83 bits per heavy atom. The molecule has 1 heterocycles. The van der Waals surface area contributed by atoms with Gasteiger partial charge in [-0.25, -0.2) is 4.79 Å². The predicted octanol–water partition coefficient (Wildman–Crippen LogP) is 4.66. The van der Waals surface area contributed by atoms with Gasteiger partial charge in [0.05, 0.1) is 0 Å². The number of ether oxygens (including phenoxy) is 2. The number of nitrogens with zero attached hydrogens (tertiary/aromatic N) is 1. The van der Waals surface area contributed by atoms with Gasteiger partial charge >= 0.3 is 6.16 Å². The van der Waals surface area contributed by atoms with Crippen LogP contribution in [0.1, 0.15) is 30.5 Å². The van der Waals surface area contributed by atoms with E-state index in [1.165, 1.54) is 17.7 Å². The number of anilines is 1. The van der Waals surface area contributed by atoms with Gasteiger partial charge in [0.15, 0.2) is 0 Å². The van der Waals surface area contributed by atoms with Gasteiger partial charge in [0, 0.05) is 29.7 Å². The minimum atomic E-state index is -0.851. The van der Waals surface area contributed by atoms with Crippen molar-refractivity contribution in [3.05, 3.63) is 71.3 Å².